The number of para-hydroxylation sites is 1. The van der Waals surface area contributed by atoms with Gasteiger partial charge in [0.2, 0.25) is 0 Å². The highest BCUT2D eigenvalue weighted by Gasteiger charge is 2.25. The number of piperidine rings is 1. The molecular weight excluding hydrogens is 562 g/mol. The number of carbonyl (C=O) groups excluding carboxylic acids is 2. The van der Waals surface area contributed by atoms with Crippen LogP contribution < -0.4 is 15.4 Å². The van der Waals surface area contributed by atoms with Crippen molar-refractivity contribution in [3.8, 4) is 11.4 Å². The van der Waals surface area contributed by atoms with E-state index >= 15 is 0 Å². The average Bonchev–Trinajstić information content (AvgIpc) is 3.44. The number of anilines is 2. The second kappa shape index (κ2) is 13.6. The van der Waals surface area contributed by atoms with Gasteiger partial charge in [-0.2, -0.15) is 5.10 Å². The number of aromatic nitrogens is 2. The largest absolute Gasteiger partial charge is 0.483 e. The molecule has 1 saturated heterocycles. The highest BCUT2D eigenvalue weighted by molar-refractivity contribution is 6.00. The number of aryl methyl sites for hydroxylation is 2. The number of benzene rings is 3. The zero-order valence-electron chi connectivity index (χ0n) is 27.3. The molecule has 3 aromatic carbocycles. The summed E-state index contributed by atoms with van der Waals surface area (Å²) in [5.74, 6) is 1.81. The molecule has 2 N–H and O–H groups in total. The number of carbonyl (C=O) groups is 2. The maximum Gasteiger partial charge on any atom is 0.324 e. The van der Waals surface area contributed by atoms with Crippen molar-refractivity contribution >= 4 is 23.4 Å². The van der Waals surface area contributed by atoms with E-state index in [0.717, 1.165) is 64.3 Å². The van der Waals surface area contributed by atoms with Crippen LogP contribution in [0, 0.1) is 26.7 Å². The average molecular weight is 608 g/mol. The molecule has 2 heterocycles. The van der Waals surface area contributed by atoms with Crippen molar-refractivity contribution in [2.75, 3.05) is 30.3 Å². The van der Waals surface area contributed by atoms with E-state index in [1.807, 2.05) is 92.4 Å². The van der Waals surface area contributed by atoms with Crippen molar-refractivity contribution in [1.29, 1.82) is 0 Å². The van der Waals surface area contributed by atoms with Gasteiger partial charge in [-0.05, 0) is 86.9 Å². The van der Waals surface area contributed by atoms with E-state index in [9.17, 15) is 9.59 Å². The van der Waals surface area contributed by atoms with E-state index in [1.54, 1.807) is 4.68 Å². The molecule has 45 heavy (non-hydrogen) atoms. The molecule has 3 amide bonds. The van der Waals surface area contributed by atoms with Gasteiger partial charge in [0, 0.05) is 30.3 Å². The highest BCUT2D eigenvalue weighted by Crippen LogP contribution is 2.29. The minimum absolute atomic E-state index is 0.0209. The van der Waals surface area contributed by atoms with Crippen LogP contribution in [0.4, 0.5) is 16.3 Å². The van der Waals surface area contributed by atoms with E-state index < -0.39 is 0 Å². The van der Waals surface area contributed by atoms with Gasteiger partial charge in [0.1, 0.15) is 11.6 Å². The second-order valence-electron chi connectivity index (χ2n) is 13.2. The third-order valence-electron chi connectivity index (χ3n) is 8.65. The molecule has 1 aromatic heterocycles. The lowest BCUT2D eigenvalue weighted by Gasteiger charge is -2.32. The summed E-state index contributed by atoms with van der Waals surface area (Å²) in [5.41, 5.74) is 6.83. The fraction of sp³-hybridized carbons (Fsp3) is 0.378. The van der Waals surface area contributed by atoms with E-state index in [-0.39, 0.29) is 24.0 Å². The van der Waals surface area contributed by atoms with E-state index in [2.05, 4.69) is 37.5 Å². The third kappa shape index (κ3) is 7.93. The van der Waals surface area contributed by atoms with E-state index in [4.69, 9.17) is 9.84 Å². The van der Waals surface area contributed by atoms with Crippen LogP contribution in [0.15, 0.2) is 72.8 Å². The molecule has 0 bridgehead atoms. The Morgan fingerprint density at radius 2 is 1.62 bits per heavy atom. The Morgan fingerprint density at radius 3 is 2.33 bits per heavy atom. The molecule has 4 aromatic rings. The minimum Gasteiger partial charge on any atom is -0.483 e. The number of nitrogens with zero attached hydrogens (tertiary/aromatic N) is 3. The zero-order valence-corrected chi connectivity index (χ0v) is 27.3. The van der Waals surface area contributed by atoms with Crippen molar-refractivity contribution in [3.05, 3.63) is 101 Å². The monoisotopic (exact) mass is 607 g/mol. The molecule has 0 aliphatic carbocycles. The summed E-state index contributed by atoms with van der Waals surface area (Å²) in [7, 11) is 0. The van der Waals surface area contributed by atoms with Crippen LogP contribution in [-0.2, 0) is 16.6 Å². The number of hydrogen-bond donors (Lipinski definition) is 2. The van der Waals surface area contributed by atoms with Crippen LogP contribution in [0.2, 0.25) is 0 Å². The third-order valence-corrected chi connectivity index (χ3v) is 8.65. The van der Waals surface area contributed by atoms with Crippen LogP contribution in [0.25, 0.3) is 5.69 Å². The minimum atomic E-state index is -0.319. The Kier molecular flexibility index (Phi) is 9.61. The normalized spacial score (nSPS) is 13.9. The number of ether oxygens (including phenoxy) is 1. The van der Waals surface area contributed by atoms with Crippen molar-refractivity contribution in [3.63, 3.8) is 0 Å². The molecule has 5 rings (SSSR count). The smallest absolute Gasteiger partial charge is 0.324 e. The Labute approximate surface area is 266 Å². The quantitative estimate of drug-likeness (QED) is 0.216. The van der Waals surface area contributed by atoms with Crippen molar-refractivity contribution < 1.29 is 14.3 Å². The van der Waals surface area contributed by atoms with Gasteiger partial charge < -0.3 is 15.0 Å². The lowest BCUT2D eigenvalue weighted by molar-refractivity contribution is -0.134. The molecule has 0 saturated carbocycles. The Bertz CT molecular complexity index is 1640. The van der Waals surface area contributed by atoms with Gasteiger partial charge in [-0.3, -0.25) is 10.1 Å². The summed E-state index contributed by atoms with van der Waals surface area (Å²) in [6.45, 7) is 13.9. The predicted octanol–water partition coefficient (Wildman–Crippen LogP) is 7.60. The first kappa shape index (κ1) is 31.8. The van der Waals surface area contributed by atoms with Crippen molar-refractivity contribution in [2.24, 2.45) is 5.92 Å². The van der Waals surface area contributed by atoms with Gasteiger partial charge in [-0.15, -0.1) is 0 Å². The molecule has 0 unspecified atom stereocenters. The van der Waals surface area contributed by atoms with Crippen LogP contribution in [0.3, 0.4) is 0 Å². The lowest BCUT2D eigenvalue weighted by Crippen LogP contribution is -2.41. The summed E-state index contributed by atoms with van der Waals surface area (Å²) in [5, 5.41) is 10.9. The first-order valence-electron chi connectivity index (χ1n) is 15.8. The Balaban J connectivity index is 1.19. The fourth-order valence-corrected chi connectivity index (χ4v) is 5.62. The number of nitrogens with one attached hydrogen (secondary N) is 2. The van der Waals surface area contributed by atoms with Crippen LogP contribution in [-0.4, -0.2) is 46.3 Å². The van der Waals surface area contributed by atoms with Gasteiger partial charge >= 0.3 is 6.03 Å². The van der Waals surface area contributed by atoms with Crippen molar-refractivity contribution in [1.82, 2.24) is 14.7 Å². The van der Waals surface area contributed by atoms with E-state index in [0.29, 0.717) is 24.8 Å². The van der Waals surface area contributed by atoms with Gasteiger partial charge in [0.25, 0.3) is 5.91 Å². The van der Waals surface area contributed by atoms with E-state index in [1.165, 1.54) is 0 Å². The number of rotatable bonds is 8. The first-order valence-corrected chi connectivity index (χ1v) is 15.8. The molecule has 8 heteroatoms. The predicted molar refractivity (Wildman–Crippen MR) is 181 cm³/mol. The number of urea groups is 1. The summed E-state index contributed by atoms with van der Waals surface area (Å²) < 4.78 is 7.65. The van der Waals surface area contributed by atoms with Gasteiger partial charge in [0.05, 0.1) is 11.4 Å². The molecule has 0 atom stereocenters. The van der Waals surface area contributed by atoms with Gasteiger partial charge in [0.15, 0.2) is 6.61 Å². The fourth-order valence-electron chi connectivity index (χ4n) is 5.62. The maximum absolute atomic E-state index is 13.3. The Hall–Kier alpha value is -4.59. The summed E-state index contributed by atoms with van der Waals surface area (Å²) in [4.78, 5) is 28.1. The molecule has 8 nitrogen and oxygen atoms in total. The second-order valence-corrected chi connectivity index (χ2v) is 13.2. The molecular formula is C37H45N5O3. The summed E-state index contributed by atoms with van der Waals surface area (Å²) in [6.07, 6.45) is 2.63. The number of likely N-dealkylation sites (tertiary alicyclic amines) is 1. The SMILES string of the molecule is Cc1ccc(-n2nc(C(C)(C)C)cc2NC(=O)Nc2ccccc2CC2CCN(C(=O)COc3cccc(C)c3C)CC2)cc1. The molecule has 1 fully saturated rings. The number of amides is 3. The van der Waals surface area contributed by atoms with Gasteiger partial charge in [-0.1, -0.05) is 68.8 Å². The van der Waals surface area contributed by atoms with Gasteiger partial charge in [-0.25, -0.2) is 9.48 Å². The van der Waals surface area contributed by atoms with Crippen LogP contribution >= 0.6 is 0 Å². The zero-order chi connectivity index (χ0) is 32.1. The molecule has 0 radical (unpaired) electrons. The van der Waals surface area contributed by atoms with Crippen LogP contribution in [0.1, 0.15) is 61.6 Å². The van der Waals surface area contributed by atoms with Crippen molar-refractivity contribution in [2.45, 2.75) is 66.2 Å². The number of hydrogen-bond acceptors (Lipinski definition) is 4. The molecule has 236 valence electrons. The topological polar surface area (TPSA) is 88.5 Å². The molecule has 0 spiro atoms. The lowest BCUT2D eigenvalue weighted by atomic mass is 9.89. The van der Waals surface area contributed by atoms with Crippen LogP contribution in [0.5, 0.6) is 5.75 Å². The highest BCUT2D eigenvalue weighted by atomic mass is 16.5. The standard InChI is InChI=1S/C37H45N5O3/c1-25-14-16-30(17-15-25)42-34(23-33(40-42)37(4,5)6)39-36(44)38-31-12-8-7-11-29(31)22-28-18-20-41(21-19-28)35(43)24-45-32-13-9-10-26(2)27(32)3/h7-17,23,28H,18-22,24H2,1-6H3,(H2,38,39,44). The summed E-state index contributed by atoms with van der Waals surface area (Å²) >= 11 is 0. The molecule has 1 aliphatic heterocycles. The maximum atomic E-state index is 13.3. The summed E-state index contributed by atoms with van der Waals surface area (Å²) in [6, 6.07) is 23.6. The Morgan fingerprint density at radius 1 is 0.911 bits per heavy atom. The first-order chi connectivity index (χ1) is 21.5. The molecule has 1 aliphatic rings.